The van der Waals surface area contributed by atoms with Gasteiger partial charge in [-0.1, -0.05) is 15.9 Å². The van der Waals surface area contributed by atoms with Crippen LogP contribution in [-0.2, 0) is 4.79 Å². The Balaban J connectivity index is 1.98. The van der Waals surface area contributed by atoms with E-state index in [0.717, 1.165) is 4.47 Å². The Kier molecular flexibility index (Phi) is 4.84. The molecule has 0 atom stereocenters. The van der Waals surface area contributed by atoms with Crippen molar-refractivity contribution >= 4 is 39.3 Å². The number of non-ortho nitro benzene ring substituents is 1. The van der Waals surface area contributed by atoms with Gasteiger partial charge in [-0.05, 0) is 48.0 Å². The van der Waals surface area contributed by atoms with Gasteiger partial charge in [0.2, 0.25) is 5.91 Å². The first-order valence-corrected chi connectivity index (χ1v) is 6.83. The van der Waals surface area contributed by atoms with E-state index in [4.69, 9.17) is 0 Å². The molecule has 106 valence electrons. The summed E-state index contributed by atoms with van der Waals surface area (Å²) in [5.41, 5.74) is 1.43. The average Bonchev–Trinajstić information content (AvgIpc) is 2.48. The number of amides is 1. The number of carbonyl (C=O) groups is 1. The molecule has 6 heteroatoms. The third-order valence-corrected chi connectivity index (χ3v) is 3.17. The molecule has 21 heavy (non-hydrogen) atoms. The van der Waals surface area contributed by atoms with E-state index in [2.05, 4.69) is 21.2 Å². The lowest BCUT2D eigenvalue weighted by atomic mass is 10.2. The quantitative estimate of drug-likeness (QED) is 0.516. The van der Waals surface area contributed by atoms with Gasteiger partial charge in [-0.15, -0.1) is 0 Å². The van der Waals surface area contributed by atoms with Crippen molar-refractivity contribution in [3.63, 3.8) is 0 Å². The standard InChI is InChI=1S/C15H11BrN2O3/c16-12-4-6-13(7-5-12)17-15(19)10-3-11-1-8-14(9-2-11)18(20)21/h1-10H,(H,17,19)/b10-3+. The minimum Gasteiger partial charge on any atom is -0.323 e. The Morgan fingerprint density at radius 1 is 1.10 bits per heavy atom. The first-order valence-electron chi connectivity index (χ1n) is 6.04. The van der Waals surface area contributed by atoms with Crippen molar-refractivity contribution in [1.82, 2.24) is 0 Å². The molecule has 1 amide bonds. The second kappa shape index (κ2) is 6.81. The lowest BCUT2D eigenvalue weighted by molar-refractivity contribution is -0.384. The van der Waals surface area contributed by atoms with Crippen LogP contribution in [0.25, 0.3) is 6.08 Å². The molecule has 2 aromatic carbocycles. The van der Waals surface area contributed by atoms with E-state index in [1.807, 2.05) is 12.1 Å². The molecule has 5 nitrogen and oxygen atoms in total. The lowest BCUT2D eigenvalue weighted by Gasteiger charge is -2.01. The third kappa shape index (κ3) is 4.54. The number of nitrogens with one attached hydrogen (secondary N) is 1. The highest BCUT2D eigenvalue weighted by Crippen LogP contribution is 2.15. The fourth-order valence-corrected chi connectivity index (χ4v) is 1.86. The molecule has 0 aromatic heterocycles. The van der Waals surface area contributed by atoms with Crippen LogP contribution in [0.5, 0.6) is 0 Å². The van der Waals surface area contributed by atoms with Crippen LogP contribution >= 0.6 is 15.9 Å². The summed E-state index contributed by atoms with van der Waals surface area (Å²) < 4.78 is 0.932. The van der Waals surface area contributed by atoms with Crippen LogP contribution in [0, 0.1) is 10.1 Å². The number of hydrogen-bond donors (Lipinski definition) is 1. The zero-order chi connectivity index (χ0) is 15.2. The smallest absolute Gasteiger partial charge is 0.269 e. The Morgan fingerprint density at radius 3 is 2.29 bits per heavy atom. The van der Waals surface area contributed by atoms with E-state index in [9.17, 15) is 14.9 Å². The summed E-state index contributed by atoms with van der Waals surface area (Å²) in [4.78, 5) is 21.8. The van der Waals surface area contributed by atoms with E-state index >= 15 is 0 Å². The molecular formula is C15H11BrN2O3. The van der Waals surface area contributed by atoms with Crippen LogP contribution in [0.3, 0.4) is 0 Å². The minimum atomic E-state index is -0.465. The van der Waals surface area contributed by atoms with Gasteiger partial charge in [0.1, 0.15) is 0 Å². The summed E-state index contributed by atoms with van der Waals surface area (Å²) in [5.74, 6) is -0.268. The largest absolute Gasteiger partial charge is 0.323 e. The monoisotopic (exact) mass is 346 g/mol. The van der Waals surface area contributed by atoms with E-state index in [1.54, 1.807) is 30.3 Å². The predicted molar refractivity (Wildman–Crippen MR) is 84.9 cm³/mol. The third-order valence-electron chi connectivity index (χ3n) is 2.64. The molecule has 2 rings (SSSR count). The zero-order valence-corrected chi connectivity index (χ0v) is 12.4. The van der Waals surface area contributed by atoms with Gasteiger partial charge in [0.15, 0.2) is 0 Å². The number of rotatable bonds is 4. The molecule has 2 aromatic rings. The number of nitro benzene ring substituents is 1. The van der Waals surface area contributed by atoms with Gasteiger partial charge >= 0.3 is 0 Å². The molecule has 0 saturated carbocycles. The van der Waals surface area contributed by atoms with Crippen molar-refractivity contribution < 1.29 is 9.72 Å². The summed E-state index contributed by atoms with van der Waals surface area (Å²) in [5, 5.41) is 13.2. The van der Waals surface area contributed by atoms with Gasteiger partial charge in [-0.3, -0.25) is 14.9 Å². The van der Waals surface area contributed by atoms with Gasteiger partial charge in [-0.25, -0.2) is 0 Å². The van der Waals surface area contributed by atoms with Crippen LogP contribution in [0.1, 0.15) is 5.56 Å². The molecule has 0 aliphatic carbocycles. The number of carbonyl (C=O) groups excluding carboxylic acids is 1. The van der Waals surface area contributed by atoms with Crippen molar-refractivity contribution in [2.75, 3.05) is 5.32 Å². The van der Waals surface area contributed by atoms with E-state index in [1.165, 1.54) is 18.2 Å². The number of nitrogens with zero attached hydrogens (tertiary/aromatic N) is 1. The lowest BCUT2D eigenvalue weighted by Crippen LogP contribution is -2.07. The molecule has 0 unspecified atom stereocenters. The van der Waals surface area contributed by atoms with Gasteiger partial charge in [0.05, 0.1) is 4.92 Å². The molecular weight excluding hydrogens is 336 g/mol. The highest BCUT2D eigenvalue weighted by Gasteiger charge is 2.03. The molecule has 0 bridgehead atoms. The molecule has 0 fully saturated rings. The Labute approximate surface area is 129 Å². The fourth-order valence-electron chi connectivity index (χ4n) is 1.60. The topological polar surface area (TPSA) is 72.2 Å². The summed E-state index contributed by atoms with van der Waals surface area (Å²) >= 11 is 3.31. The van der Waals surface area contributed by atoms with E-state index < -0.39 is 4.92 Å². The van der Waals surface area contributed by atoms with Crippen molar-refractivity contribution in [2.45, 2.75) is 0 Å². The Hall–Kier alpha value is -2.47. The summed E-state index contributed by atoms with van der Waals surface area (Å²) in [7, 11) is 0. The maximum Gasteiger partial charge on any atom is 0.269 e. The highest BCUT2D eigenvalue weighted by atomic mass is 79.9. The number of hydrogen-bond acceptors (Lipinski definition) is 3. The molecule has 0 aliphatic heterocycles. The van der Waals surface area contributed by atoms with Crippen LogP contribution < -0.4 is 5.32 Å². The summed E-state index contributed by atoms with van der Waals surface area (Å²) in [6.07, 6.45) is 2.97. The van der Waals surface area contributed by atoms with Gasteiger partial charge in [0.25, 0.3) is 5.69 Å². The summed E-state index contributed by atoms with van der Waals surface area (Å²) in [6, 6.07) is 13.2. The van der Waals surface area contributed by atoms with Crippen molar-refractivity contribution in [1.29, 1.82) is 0 Å². The second-order valence-corrected chi connectivity index (χ2v) is 5.09. The average molecular weight is 347 g/mol. The van der Waals surface area contributed by atoms with Gasteiger partial charge in [0, 0.05) is 28.4 Å². The van der Waals surface area contributed by atoms with Crippen LogP contribution in [0.2, 0.25) is 0 Å². The Bertz CT molecular complexity index is 679. The van der Waals surface area contributed by atoms with Crippen molar-refractivity contribution in [2.24, 2.45) is 0 Å². The molecule has 0 heterocycles. The number of nitro groups is 1. The van der Waals surface area contributed by atoms with Gasteiger partial charge in [-0.2, -0.15) is 0 Å². The number of benzene rings is 2. The van der Waals surface area contributed by atoms with E-state index in [0.29, 0.717) is 11.3 Å². The summed E-state index contributed by atoms with van der Waals surface area (Å²) in [6.45, 7) is 0. The first kappa shape index (κ1) is 14.9. The fraction of sp³-hybridized carbons (Fsp3) is 0. The molecule has 0 spiro atoms. The SMILES string of the molecule is O=C(/C=C/c1ccc([N+](=O)[O-])cc1)Nc1ccc(Br)cc1. The molecule has 0 saturated heterocycles. The number of halogens is 1. The molecule has 0 aliphatic rings. The van der Waals surface area contributed by atoms with Gasteiger partial charge < -0.3 is 5.32 Å². The normalized spacial score (nSPS) is 10.5. The van der Waals surface area contributed by atoms with Crippen molar-refractivity contribution in [3.8, 4) is 0 Å². The van der Waals surface area contributed by atoms with Crippen LogP contribution in [-0.4, -0.2) is 10.8 Å². The number of anilines is 1. The van der Waals surface area contributed by atoms with E-state index in [-0.39, 0.29) is 11.6 Å². The van der Waals surface area contributed by atoms with Crippen LogP contribution in [0.15, 0.2) is 59.1 Å². The maximum atomic E-state index is 11.7. The zero-order valence-electron chi connectivity index (χ0n) is 10.8. The first-order chi connectivity index (χ1) is 10.0. The minimum absolute atomic E-state index is 0.0199. The van der Waals surface area contributed by atoms with Crippen molar-refractivity contribution in [3.05, 3.63) is 74.8 Å². The molecule has 1 N–H and O–H groups in total. The predicted octanol–water partition coefficient (Wildman–Crippen LogP) is 4.01. The second-order valence-electron chi connectivity index (χ2n) is 4.18. The van der Waals surface area contributed by atoms with Crippen LogP contribution in [0.4, 0.5) is 11.4 Å². The Morgan fingerprint density at radius 2 is 1.71 bits per heavy atom. The highest BCUT2D eigenvalue weighted by molar-refractivity contribution is 9.10. The molecule has 0 radical (unpaired) electrons. The maximum absolute atomic E-state index is 11.7.